The van der Waals surface area contributed by atoms with E-state index in [0.29, 0.717) is 12.6 Å². The average Bonchev–Trinajstić information content (AvgIpc) is 2.42. The van der Waals surface area contributed by atoms with Crippen molar-refractivity contribution >= 4 is 22.0 Å². The van der Waals surface area contributed by atoms with Gasteiger partial charge in [-0.2, -0.15) is 0 Å². The highest BCUT2D eigenvalue weighted by molar-refractivity contribution is 9.10. The van der Waals surface area contributed by atoms with Gasteiger partial charge in [0.25, 0.3) is 0 Å². The number of rotatable bonds is 3. The molecule has 1 N–H and O–H groups in total. The summed E-state index contributed by atoms with van der Waals surface area (Å²) in [7, 11) is 1.85. The molecule has 0 unspecified atom stereocenters. The average molecular weight is 325 g/mol. The molecule has 1 aromatic rings. The lowest BCUT2D eigenvalue weighted by Gasteiger charge is -2.26. The van der Waals surface area contributed by atoms with Gasteiger partial charge in [-0.05, 0) is 30.5 Å². The van der Waals surface area contributed by atoms with E-state index in [1.165, 1.54) is 19.3 Å². The fraction of sp³-hybridized carbons (Fsp3) is 0.533. The van der Waals surface area contributed by atoms with Crippen molar-refractivity contribution in [2.24, 2.45) is 0 Å². The number of carbonyl (C=O) groups is 1. The van der Waals surface area contributed by atoms with Gasteiger partial charge in [0.05, 0.1) is 0 Å². The van der Waals surface area contributed by atoms with Crippen LogP contribution in [-0.4, -0.2) is 24.0 Å². The second-order valence-corrected chi connectivity index (χ2v) is 6.18. The minimum atomic E-state index is 0.0369. The Kier molecular flexibility index (Phi) is 5.25. The number of hydrogen-bond acceptors (Lipinski definition) is 1. The SMILES string of the molecule is CN(Cc1ccc(Br)cc1)C(=O)NC1CCCCC1. The Labute approximate surface area is 123 Å². The van der Waals surface area contributed by atoms with Gasteiger partial charge >= 0.3 is 6.03 Å². The summed E-state index contributed by atoms with van der Waals surface area (Å²) in [6, 6.07) is 8.48. The summed E-state index contributed by atoms with van der Waals surface area (Å²) in [5.41, 5.74) is 1.14. The topological polar surface area (TPSA) is 32.3 Å². The third-order valence-electron chi connectivity index (χ3n) is 3.61. The first kappa shape index (κ1) is 14.4. The number of urea groups is 1. The summed E-state index contributed by atoms with van der Waals surface area (Å²) in [5.74, 6) is 0. The van der Waals surface area contributed by atoms with Crippen molar-refractivity contribution in [1.82, 2.24) is 10.2 Å². The lowest BCUT2D eigenvalue weighted by atomic mass is 9.96. The van der Waals surface area contributed by atoms with Gasteiger partial charge in [-0.3, -0.25) is 0 Å². The van der Waals surface area contributed by atoms with E-state index in [2.05, 4.69) is 21.2 Å². The summed E-state index contributed by atoms with van der Waals surface area (Å²) in [4.78, 5) is 13.8. The Morgan fingerprint density at radius 3 is 2.53 bits per heavy atom. The lowest BCUT2D eigenvalue weighted by Crippen LogP contribution is -2.43. The number of nitrogens with zero attached hydrogens (tertiary/aromatic N) is 1. The Hall–Kier alpha value is -1.03. The van der Waals surface area contributed by atoms with Crippen LogP contribution in [0.4, 0.5) is 4.79 Å². The van der Waals surface area contributed by atoms with Crippen LogP contribution in [0.2, 0.25) is 0 Å². The molecule has 1 saturated carbocycles. The van der Waals surface area contributed by atoms with Crippen LogP contribution in [0, 0.1) is 0 Å². The molecule has 3 nitrogen and oxygen atoms in total. The molecule has 1 aliphatic rings. The zero-order valence-corrected chi connectivity index (χ0v) is 12.9. The molecule has 1 fully saturated rings. The van der Waals surface area contributed by atoms with Crippen LogP contribution in [-0.2, 0) is 6.54 Å². The standard InChI is InChI=1S/C15H21BrN2O/c1-18(11-12-7-9-13(16)10-8-12)15(19)17-14-5-3-2-4-6-14/h7-10,14H,2-6,11H2,1H3,(H,17,19). The number of amides is 2. The third kappa shape index (κ3) is 4.53. The minimum absolute atomic E-state index is 0.0369. The highest BCUT2D eigenvalue weighted by Crippen LogP contribution is 2.18. The van der Waals surface area contributed by atoms with Crippen LogP contribution in [0.25, 0.3) is 0 Å². The van der Waals surface area contributed by atoms with Crippen molar-refractivity contribution in [2.75, 3.05) is 7.05 Å². The van der Waals surface area contributed by atoms with Crippen LogP contribution in [0.15, 0.2) is 28.7 Å². The van der Waals surface area contributed by atoms with E-state index in [1.807, 2.05) is 31.3 Å². The highest BCUT2D eigenvalue weighted by atomic mass is 79.9. The largest absolute Gasteiger partial charge is 0.335 e. The zero-order chi connectivity index (χ0) is 13.7. The van der Waals surface area contributed by atoms with E-state index < -0.39 is 0 Å². The van der Waals surface area contributed by atoms with Crippen LogP contribution in [0.5, 0.6) is 0 Å². The molecule has 4 heteroatoms. The fourth-order valence-electron chi connectivity index (χ4n) is 2.47. The summed E-state index contributed by atoms with van der Waals surface area (Å²) in [5, 5.41) is 3.13. The molecule has 0 atom stereocenters. The van der Waals surface area contributed by atoms with E-state index in [9.17, 15) is 4.79 Å². The maximum Gasteiger partial charge on any atom is 0.317 e. The maximum absolute atomic E-state index is 12.1. The number of hydrogen-bond donors (Lipinski definition) is 1. The molecule has 0 heterocycles. The molecule has 2 rings (SSSR count). The van der Waals surface area contributed by atoms with Gasteiger partial charge in [-0.1, -0.05) is 47.3 Å². The molecule has 0 bridgehead atoms. The number of halogens is 1. The predicted octanol–water partition coefficient (Wildman–Crippen LogP) is 3.92. The molecule has 1 aliphatic carbocycles. The summed E-state index contributed by atoms with van der Waals surface area (Å²) in [6.07, 6.45) is 6.03. The number of nitrogens with one attached hydrogen (secondary N) is 1. The Morgan fingerprint density at radius 1 is 1.26 bits per heavy atom. The summed E-state index contributed by atoms with van der Waals surface area (Å²) in [6.45, 7) is 0.645. The van der Waals surface area contributed by atoms with Crippen molar-refractivity contribution in [2.45, 2.75) is 44.7 Å². The molecule has 104 valence electrons. The van der Waals surface area contributed by atoms with Gasteiger partial charge in [0, 0.05) is 24.1 Å². The number of benzene rings is 1. The molecule has 0 radical (unpaired) electrons. The van der Waals surface area contributed by atoms with Crippen molar-refractivity contribution in [3.63, 3.8) is 0 Å². The Morgan fingerprint density at radius 2 is 1.89 bits per heavy atom. The first-order chi connectivity index (χ1) is 9.15. The summed E-state index contributed by atoms with van der Waals surface area (Å²) < 4.78 is 1.06. The van der Waals surface area contributed by atoms with Crippen LogP contribution in [0.3, 0.4) is 0 Å². The molecular formula is C15H21BrN2O. The van der Waals surface area contributed by atoms with E-state index >= 15 is 0 Å². The van der Waals surface area contributed by atoms with Gasteiger partial charge in [0.15, 0.2) is 0 Å². The Balaban J connectivity index is 1.83. The van der Waals surface area contributed by atoms with Crippen LogP contribution < -0.4 is 5.32 Å². The molecule has 0 saturated heterocycles. The van der Waals surface area contributed by atoms with Crippen molar-refractivity contribution in [1.29, 1.82) is 0 Å². The maximum atomic E-state index is 12.1. The Bertz CT molecular complexity index is 413. The van der Waals surface area contributed by atoms with Gasteiger partial charge in [0.1, 0.15) is 0 Å². The molecule has 19 heavy (non-hydrogen) atoms. The molecular weight excluding hydrogens is 304 g/mol. The number of carbonyl (C=O) groups excluding carboxylic acids is 1. The lowest BCUT2D eigenvalue weighted by molar-refractivity contribution is 0.198. The van der Waals surface area contributed by atoms with Crippen molar-refractivity contribution in [3.8, 4) is 0 Å². The van der Waals surface area contributed by atoms with Gasteiger partial charge < -0.3 is 10.2 Å². The highest BCUT2D eigenvalue weighted by Gasteiger charge is 2.17. The second kappa shape index (κ2) is 6.94. The first-order valence-corrected chi connectivity index (χ1v) is 7.70. The summed E-state index contributed by atoms with van der Waals surface area (Å²) >= 11 is 3.41. The predicted molar refractivity (Wildman–Crippen MR) is 81.0 cm³/mol. The fourth-order valence-corrected chi connectivity index (χ4v) is 2.73. The van der Waals surface area contributed by atoms with E-state index in [4.69, 9.17) is 0 Å². The minimum Gasteiger partial charge on any atom is -0.335 e. The van der Waals surface area contributed by atoms with E-state index in [-0.39, 0.29) is 6.03 Å². The van der Waals surface area contributed by atoms with Crippen molar-refractivity contribution < 1.29 is 4.79 Å². The molecule has 0 aromatic heterocycles. The van der Waals surface area contributed by atoms with Gasteiger partial charge in [-0.25, -0.2) is 4.79 Å². The third-order valence-corrected chi connectivity index (χ3v) is 4.14. The van der Waals surface area contributed by atoms with Gasteiger partial charge in [-0.15, -0.1) is 0 Å². The monoisotopic (exact) mass is 324 g/mol. The molecule has 2 amide bonds. The molecule has 0 spiro atoms. The second-order valence-electron chi connectivity index (χ2n) is 5.27. The van der Waals surface area contributed by atoms with E-state index in [1.54, 1.807) is 4.90 Å². The van der Waals surface area contributed by atoms with Gasteiger partial charge in [0.2, 0.25) is 0 Å². The molecule has 0 aliphatic heterocycles. The zero-order valence-electron chi connectivity index (χ0n) is 11.4. The van der Waals surface area contributed by atoms with Crippen LogP contribution in [0.1, 0.15) is 37.7 Å². The van der Waals surface area contributed by atoms with Crippen molar-refractivity contribution in [3.05, 3.63) is 34.3 Å². The van der Waals surface area contributed by atoms with E-state index in [0.717, 1.165) is 22.9 Å². The quantitative estimate of drug-likeness (QED) is 0.897. The smallest absolute Gasteiger partial charge is 0.317 e. The first-order valence-electron chi connectivity index (χ1n) is 6.91. The molecule has 1 aromatic carbocycles. The normalized spacial score (nSPS) is 16.1. The van der Waals surface area contributed by atoms with Crippen LogP contribution >= 0.6 is 15.9 Å².